The number of urea groups is 1. The van der Waals surface area contributed by atoms with Gasteiger partial charge in [-0.3, -0.25) is 4.79 Å². The third-order valence-corrected chi connectivity index (χ3v) is 5.20. The van der Waals surface area contributed by atoms with E-state index in [0.29, 0.717) is 18.8 Å². The van der Waals surface area contributed by atoms with E-state index >= 15 is 0 Å². The highest BCUT2D eigenvalue weighted by atomic mass is 32.2. The van der Waals surface area contributed by atoms with Gasteiger partial charge in [-0.1, -0.05) is 13.8 Å². The molecule has 0 aromatic carbocycles. The number of hydrogen-bond donors (Lipinski definition) is 3. The minimum atomic E-state index is -0.787. The normalized spacial score (nSPS) is 26.9. The van der Waals surface area contributed by atoms with Crippen LogP contribution in [0.3, 0.4) is 0 Å². The number of carbonyl (C=O) groups is 2. The number of amides is 2. The van der Waals surface area contributed by atoms with Crippen LogP contribution in [0.25, 0.3) is 0 Å². The zero-order chi connectivity index (χ0) is 15.9. The summed E-state index contributed by atoms with van der Waals surface area (Å²) in [5, 5.41) is 15.2. The predicted molar refractivity (Wildman–Crippen MR) is 86.7 cm³/mol. The van der Waals surface area contributed by atoms with Crippen LogP contribution in [0.15, 0.2) is 0 Å². The molecular weight excluding hydrogens is 288 g/mol. The zero-order valence-corrected chi connectivity index (χ0v) is 14.1. The maximum atomic E-state index is 11.9. The van der Waals surface area contributed by atoms with Gasteiger partial charge in [0.25, 0.3) is 0 Å². The Bertz CT molecular complexity index is 355. The van der Waals surface area contributed by atoms with Gasteiger partial charge in [0.2, 0.25) is 0 Å². The Morgan fingerprint density at radius 1 is 1.38 bits per heavy atom. The van der Waals surface area contributed by atoms with Crippen LogP contribution < -0.4 is 10.6 Å². The van der Waals surface area contributed by atoms with Crippen molar-refractivity contribution in [1.82, 2.24) is 10.6 Å². The van der Waals surface area contributed by atoms with Gasteiger partial charge in [0.1, 0.15) is 0 Å². The molecule has 1 saturated carbocycles. The van der Waals surface area contributed by atoms with E-state index in [2.05, 4.69) is 17.6 Å². The lowest BCUT2D eigenvalue weighted by atomic mass is 9.71. The van der Waals surface area contributed by atoms with Crippen LogP contribution in [-0.4, -0.2) is 41.7 Å². The molecular formula is C15H28N2O3S. The van der Waals surface area contributed by atoms with Crippen LogP contribution in [0.1, 0.15) is 46.0 Å². The molecule has 1 aliphatic carbocycles. The predicted octanol–water partition coefficient (Wildman–Crippen LogP) is 2.71. The Morgan fingerprint density at radius 3 is 2.48 bits per heavy atom. The highest BCUT2D eigenvalue weighted by molar-refractivity contribution is 7.98. The molecule has 0 heterocycles. The van der Waals surface area contributed by atoms with E-state index in [4.69, 9.17) is 0 Å². The van der Waals surface area contributed by atoms with Crippen molar-refractivity contribution in [2.24, 2.45) is 11.3 Å². The fourth-order valence-electron chi connectivity index (χ4n) is 2.73. The molecule has 1 aliphatic rings. The highest BCUT2D eigenvalue weighted by Gasteiger charge is 2.41. The summed E-state index contributed by atoms with van der Waals surface area (Å²) in [6.45, 7) is 4.40. The molecule has 0 spiro atoms. The van der Waals surface area contributed by atoms with Gasteiger partial charge in [-0.05, 0) is 44.3 Å². The standard InChI is InChI=1S/C15H28N2O3S/c1-4-12(9-21-3)17-14(20)16-10-15(13(18)19)7-5-11(2)6-8-15/h11-12H,4-10H2,1-3H3,(H,18,19)(H2,16,17,20). The van der Waals surface area contributed by atoms with Crippen molar-refractivity contribution in [2.75, 3.05) is 18.6 Å². The van der Waals surface area contributed by atoms with Crippen molar-refractivity contribution in [2.45, 2.75) is 52.0 Å². The van der Waals surface area contributed by atoms with Gasteiger partial charge in [0.05, 0.1) is 5.41 Å². The number of nitrogens with one attached hydrogen (secondary N) is 2. The third kappa shape index (κ3) is 5.41. The average Bonchev–Trinajstić information content (AvgIpc) is 2.46. The summed E-state index contributed by atoms with van der Waals surface area (Å²) in [5.41, 5.74) is -0.787. The summed E-state index contributed by atoms with van der Waals surface area (Å²) in [6.07, 6.45) is 6.00. The Labute approximate surface area is 131 Å². The molecule has 1 fully saturated rings. The maximum absolute atomic E-state index is 11.9. The molecule has 0 aromatic heterocycles. The number of carboxylic acids is 1. The summed E-state index contributed by atoms with van der Waals surface area (Å²) in [4.78, 5) is 23.5. The molecule has 0 aromatic rings. The zero-order valence-electron chi connectivity index (χ0n) is 13.3. The second-order valence-electron chi connectivity index (χ2n) is 6.16. The first-order valence-corrected chi connectivity index (χ1v) is 9.09. The van der Waals surface area contributed by atoms with E-state index in [1.165, 1.54) is 0 Å². The minimum Gasteiger partial charge on any atom is -0.481 e. The lowest BCUT2D eigenvalue weighted by Crippen LogP contribution is -2.50. The summed E-state index contributed by atoms with van der Waals surface area (Å²) in [5.74, 6) is 0.661. The minimum absolute atomic E-state index is 0.132. The summed E-state index contributed by atoms with van der Waals surface area (Å²) < 4.78 is 0. The van der Waals surface area contributed by atoms with E-state index in [-0.39, 0.29) is 18.6 Å². The van der Waals surface area contributed by atoms with Gasteiger partial charge in [-0.25, -0.2) is 4.79 Å². The Morgan fingerprint density at radius 2 is 2.00 bits per heavy atom. The second-order valence-corrected chi connectivity index (χ2v) is 7.07. The maximum Gasteiger partial charge on any atom is 0.315 e. The molecule has 1 unspecified atom stereocenters. The van der Waals surface area contributed by atoms with Crippen LogP contribution in [0.4, 0.5) is 4.79 Å². The molecule has 122 valence electrons. The lowest BCUT2D eigenvalue weighted by molar-refractivity contribution is -0.151. The van der Waals surface area contributed by atoms with Gasteiger partial charge in [-0.2, -0.15) is 11.8 Å². The van der Waals surface area contributed by atoms with Crippen molar-refractivity contribution < 1.29 is 14.7 Å². The van der Waals surface area contributed by atoms with Crippen LogP contribution >= 0.6 is 11.8 Å². The highest BCUT2D eigenvalue weighted by Crippen LogP contribution is 2.38. The fraction of sp³-hybridized carbons (Fsp3) is 0.867. The third-order valence-electron chi connectivity index (χ3n) is 4.47. The molecule has 1 atom stereocenters. The number of thioether (sulfide) groups is 1. The number of rotatable bonds is 7. The first-order valence-electron chi connectivity index (χ1n) is 7.70. The number of carbonyl (C=O) groups excluding carboxylic acids is 1. The number of aliphatic carboxylic acids is 1. The molecule has 21 heavy (non-hydrogen) atoms. The summed E-state index contributed by atoms with van der Waals surface area (Å²) >= 11 is 1.69. The Hall–Kier alpha value is -0.910. The molecule has 3 N–H and O–H groups in total. The van der Waals surface area contributed by atoms with Crippen molar-refractivity contribution in [3.8, 4) is 0 Å². The van der Waals surface area contributed by atoms with Crippen LogP contribution in [0.2, 0.25) is 0 Å². The largest absolute Gasteiger partial charge is 0.481 e. The molecule has 0 aliphatic heterocycles. The van der Waals surface area contributed by atoms with Crippen molar-refractivity contribution in [1.29, 1.82) is 0 Å². The van der Waals surface area contributed by atoms with Crippen molar-refractivity contribution >= 4 is 23.8 Å². The Balaban J connectivity index is 2.50. The van der Waals surface area contributed by atoms with Gasteiger partial charge in [0, 0.05) is 18.3 Å². The molecule has 0 saturated heterocycles. The van der Waals surface area contributed by atoms with E-state index in [1.807, 2.05) is 13.2 Å². The number of carboxylic acid groups (broad SMARTS) is 1. The Kier molecular flexibility index (Phi) is 7.35. The second kappa shape index (κ2) is 8.51. The van der Waals surface area contributed by atoms with Crippen molar-refractivity contribution in [3.63, 3.8) is 0 Å². The lowest BCUT2D eigenvalue weighted by Gasteiger charge is -2.35. The van der Waals surface area contributed by atoms with E-state index in [0.717, 1.165) is 25.0 Å². The molecule has 6 heteroatoms. The van der Waals surface area contributed by atoms with Gasteiger partial charge in [-0.15, -0.1) is 0 Å². The molecule has 1 rings (SSSR count). The van der Waals surface area contributed by atoms with Gasteiger partial charge >= 0.3 is 12.0 Å². The fourth-order valence-corrected chi connectivity index (χ4v) is 3.45. The summed E-state index contributed by atoms with van der Waals surface area (Å²) in [7, 11) is 0. The van der Waals surface area contributed by atoms with E-state index in [1.54, 1.807) is 11.8 Å². The quantitative estimate of drug-likeness (QED) is 0.675. The molecule has 5 nitrogen and oxygen atoms in total. The first kappa shape index (κ1) is 18.1. The monoisotopic (exact) mass is 316 g/mol. The molecule has 0 radical (unpaired) electrons. The van der Waals surface area contributed by atoms with Crippen LogP contribution in [0.5, 0.6) is 0 Å². The SMILES string of the molecule is CCC(CSC)NC(=O)NCC1(C(=O)O)CCC(C)CC1. The first-order chi connectivity index (χ1) is 9.93. The van der Waals surface area contributed by atoms with Gasteiger partial charge in [0.15, 0.2) is 0 Å². The van der Waals surface area contributed by atoms with Gasteiger partial charge < -0.3 is 15.7 Å². The molecule has 0 bridgehead atoms. The summed E-state index contributed by atoms with van der Waals surface area (Å²) in [6, 6.07) is -0.123. The molecule has 2 amide bonds. The van der Waals surface area contributed by atoms with Crippen LogP contribution in [0, 0.1) is 11.3 Å². The topological polar surface area (TPSA) is 78.4 Å². The van der Waals surface area contributed by atoms with E-state index in [9.17, 15) is 14.7 Å². The van der Waals surface area contributed by atoms with Crippen molar-refractivity contribution in [3.05, 3.63) is 0 Å². The van der Waals surface area contributed by atoms with E-state index < -0.39 is 11.4 Å². The smallest absolute Gasteiger partial charge is 0.315 e. The number of hydrogen-bond acceptors (Lipinski definition) is 3. The van der Waals surface area contributed by atoms with Crippen LogP contribution in [-0.2, 0) is 4.79 Å². The average molecular weight is 316 g/mol.